The van der Waals surface area contributed by atoms with Crippen molar-refractivity contribution in [2.45, 2.75) is 19.9 Å². The molecule has 0 fully saturated rings. The molecular weight excluding hydrogens is 316 g/mol. The number of aryl methyl sites for hydroxylation is 1. The molecule has 1 unspecified atom stereocenters. The van der Waals surface area contributed by atoms with E-state index < -0.39 is 4.92 Å². The average molecular weight is 327 g/mol. The second-order valence-corrected chi connectivity index (χ2v) is 4.94. The lowest BCUT2D eigenvalue weighted by molar-refractivity contribution is -0.385. The Morgan fingerprint density at radius 3 is 2.79 bits per heavy atom. The maximum Gasteiger partial charge on any atom is 0.274 e. The number of aromatic nitrogens is 4. The van der Waals surface area contributed by atoms with Gasteiger partial charge < -0.3 is 5.73 Å². The van der Waals surface area contributed by atoms with Crippen molar-refractivity contribution in [2.24, 2.45) is 5.73 Å². The van der Waals surface area contributed by atoms with Gasteiger partial charge in [0, 0.05) is 16.1 Å². The summed E-state index contributed by atoms with van der Waals surface area (Å²) in [6, 6.07) is 2.68. The second kappa shape index (κ2) is 5.02. The highest BCUT2D eigenvalue weighted by atomic mass is 79.9. The number of hydrogen-bond donors (Lipinski definition) is 1. The van der Waals surface area contributed by atoms with E-state index in [9.17, 15) is 10.1 Å². The fraction of sp³-hybridized carbons (Fsp3) is 0.300. The predicted molar refractivity (Wildman–Crippen MR) is 70.8 cm³/mol. The van der Waals surface area contributed by atoms with Crippen LogP contribution in [0.4, 0.5) is 5.69 Å². The Morgan fingerprint density at radius 1 is 1.53 bits per heavy atom. The van der Waals surface area contributed by atoms with Crippen molar-refractivity contribution >= 4 is 21.6 Å². The van der Waals surface area contributed by atoms with E-state index in [0.29, 0.717) is 21.5 Å². The van der Waals surface area contributed by atoms with Gasteiger partial charge in [0.05, 0.1) is 16.7 Å². The molecule has 1 aromatic carbocycles. The predicted octanol–water partition coefficient (Wildman–Crippen LogP) is 1.66. The van der Waals surface area contributed by atoms with Crippen LogP contribution in [0.25, 0.3) is 5.69 Å². The van der Waals surface area contributed by atoms with Gasteiger partial charge in [0.2, 0.25) is 0 Å². The van der Waals surface area contributed by atoms with Crippen LogP contribution in [0.15, 0.2) is 16.6 Å². The van der Waals surface area contributed by atoms with E-state index in [0.717, 1.165) is 0 Å². The number of hydrogen-bond acceptors (Lipinski definition) is 6. The van der Waals surface area contributed by atoms with Gasteiger partial charge in [-0.3, -0.25) is 10.1 Å². The number of nitrogens with zero attached hydrogens (tertiary/aromatic N) is 5. The highest BCUT2D eigenvalue weighted by molar-refractivity contribution is 9.10. The number of nitro groups is 1. The summed E-state index contributed by atoms with van der Waals surface area (Å²) in [6.45, 7) is 3.40. The zero-order valence-corrected chi connectivity index (χ0v) is 11.8. The largest absolute Gasteiger partial charge is 0.321 e. The highest BCUT2D eigenvalue weighted by Gasteiger charge is 2.19. The minimum atomic E-state index is -0.443. The van der Waals surface area contributed by atoms with Crippen LogP contribution >= 0.6 is 15.9 Å². The molecule has 2 aromatic rings. The lowest BCUT2D eigenvalue weighted by Gasteiger charge is -2.09. The van der Waals surface area contributed by atoms with Gasteiger partial charge in [-0.15, -0.1) is 5.10 Å². The molecular formula is C10H11BrN6O2. The minimum Gasteiger partial charge on any atom is -0.321 e. The second-order valence-electron chi connectivity index (χ2n) is 4.08. The van der Waals surface area contributed by atoms with Crippen LogP contribution < -0.4 is 5.73 Å². The maximum absolute atomic E-state index is 11.0. The molecule has 0 aliphatic carbocycles. The zero-order chi connectivity index (χ0) is 14.2. The maximum atomic E-state index is 11.0. The molecule has 1 heterocycles. The van der Waals surface area contributed by atoms with Gasteiger partial charge in [-0.05, 0) is 46.3 Å². The van der Waals surface area contributed by atoms with Gasteiger partial charge in [-0.2, -0.15) is 4.68 Å². The molecule has 9 heteroatoms. The van der Waals surface area contributed by atoms with E-state index in [-0.39, 0.29) is 11.7 Å². The number of nitro benzene ring substituents is 1. The van der Waals surface area contributed by atoms with Crippen LogP contribution in [0.3, 0.4) is 0 Å². The molecule has 8 nitrogen and oxygen atoms in total. The van der Waals surface area contributed by atoms with Crippen LogP contribution in [0.5, 0.6) is 0 Å². The smallest absolute Gasteiger partial charge is 0.274 e. The van der Waals surface area contributed by atoms with Gasteiger partial charge in [0.25, 0.3) is 5.69 Å². The molecule has 0 aliphatic rings. The van der Waals surface area contributed by atoms with Crippen LogP contribution in [-0.4, -0.2) is 25.1 Å². The normalized spacial score (nSPS) is 12.4. The van der Waals surface area contributed by atoms with Crippen molar-refractivity contribution < 1.29 is 4.92 Å². The van der Waals surface area contributed by atoms with E-state index in [1.54, 1.807) is 19.9 Å². The van der Waals surface area contributed by atoms with Gasteiger partial charge in [0.1, 0.15) is 0 Å². The molecule has 1 aromatic heterocycles. The summed E-state index contributed by atoms with van der Waals surface area (Å²) in [5.41, 5.74) is 6.80. The molecule has 0 radical (unpaired) electrons. The fourth-order valence-corrected chi connectivity index (χ4v) is 2.28. The SMILES string of the molecule is Cc1cc(Br)c(-n2nnnc2C(C)N)cc1[N+](=O)[O-]. The molecule has 100 valence electrons. The quantitative estimate of drug-likeness (QED) is 0.677. The third-order valence-electron chi connectivity index (χ3n) is 2.59. The third kappa shape index (κ3) is 2.47. The number of benzene rings is 1. The molecule has 2 N–H and O–H groups in total. The van der Waals surface area contributed by atoms with E-state index in [2.05, 4.69) is 31.5 Å². The topological polar surface area (TPSA) is 113 Å². The summed E-state index contributed by atoms with van der Waals surface area (Å²) in [5.74, 6) is 0.429. The van der Waals surface area contributed by atoms with E-state index in [4.69, 9.17) is 5.73 Å². The molecule has 0 saturated heterocycles. The van der Waals surface area contributed by atoms with Gasteiger partial charge in [-0.1, -0.05) is 0 Å². The van der Waals surface area contributed by atoms with Crippen molar-refractivity contribution in [2.75, 3.05) is 0 Å². The van der Waals surface area contributed by atoms with E-state index >= 15 is 0 Å². The Kier molecular flexibility index (Phi) is 3.58. The first-order valence-electron chi connectivity index (χ1n) is 5.40. The first kappa shape index (κ1) is 13.6. The van der Waals surface area contributed by atoms with Gasteiger partial charge in [0.15, 0.2) is 5.82 Å². The summed E-state index contributed by atoms with van der Waals surface area (Å²) in [5, 5.41) is 22.2. The van der Waals surface area contributed by atoms with Crippen LogP contribution in [0, 0.1) is 17.0 Å². The Bertz CT molecular complexity index is 639. The molecule has 1 atom stereocenters. The number of rotatable bonds is 3. The Labute approximate surface area is 116 Å². The van der Waals surface area contributed by atoms with Gasteiger partial charge in [-0.25, -0.2) is 0 Å². The lowest BCUT2D eigenvalue weighted by atomic mass is 10.2. The summed E-state index contributed by atoms with van der Waals surface area (Å²) in [4.78, 5) is 10.5. The number of nitrogens with two attached hydrogens (primary N) is 1. The Hall–Kier alpha value is -1.87. The Morgan fingerprint density at radius 2 is 2.21 bits per heavy atom. The van der Waals surface area contributed by atoms with Crippen LogP contribution in [-0.2, 0) is 0 Å². The van der Waals surface area contributed by atoms with E-state index in [1.165, 1.54) is 10.7 Å². The fourth-order valence-electron chi connectivity index (χ4n) is 1.66. The first-order valence-corrected chi connectivity index (χ1v) is 6.20. The van der Waals surface area contributed by atoms with Crippen molar-refractivity contribution in [1.29, 1.82) is 0 Å². The van der Waals surface area contributed by atoms with Crippen LogP contribution in [0.2, 0.25) is 0 Å². The molecule has 0 spiro atoms. The lowest BCUT2D eigenvalue weighted by Crippen LogP contribution is -2.14. The molecule has 0 saturated carbocycles. The van der Waals surface area contributed by atoms with Crippen molar-refractivity contribution in [1.82, 2.24) is 20.2 Å². The molecule has 0 amide bonds. The number of tetrazole rings is 1. The average Bonchev–Trinajstić information content (AvgIpc) is 2.77. The summed E-state index contributed by atoms with van der Waals surface area (Å²) in [6.07, 6.45) is 0. The zero-order valence-electron chi connectivity index (χ0n) is 10.2. The van der Waals surface area contributed by atoms with Crippen molar-refractivity contribution in [3.8, 4) is 5.69 Å². The molecule has 2 rings (SSSR count). The monoisotopic (exact) mass is 326 g/mol. The molecule has 19 heavy (non-hydrogen) atoms. The Balaban J connectivity index is 2.65. The van der Waals surface area contributed by atoms with Crippen LogP contribution in [0.1, 0.15) is 24.4 Å². The molecule has 0 aliphatic heterocycles. The number of halogens is 1. The molecule has 0 bridgehead atoms. The standard InChI is InChI=1S/C10H11BrN6O2/c1-5-3-7(11)9(4-8(5)17(18)19)16-10(6(2)12)13-14-15-16/h3-4,6H,12H2,1-2H3. The van der Waals surface area contributed by atoms with Gasteiger partial charge >= 0.3 is 0 Å². The summed E-state index contributed by atoms with van der Waals surface area (Å²) >= 11 is 3.36. The first-order chi connectivity index (χ1) is 8.91. The van der Waals surface area contributed by atoms with Crippen molar-refractivity contribution in [3.05, 3.63) is 38.1 Å². The van der Waals surface area contributed by atoms with E-state index in [1.807, 2.05) is 0 Å². The third-order valence-corrected chi connectivity index (χ3v) is 3.23. The minimum absolute atomic E-state index is 0.00400. The van der Waals surface area contributed by atoms with Crippen molar-refractivity contribution in [3.63, 3.8) is 0 Å². The summed E-state index contributed by atoms with van der Waals surface area (Å²) < 4.78 is 2.05. The highest BCUT2D eigenvalue weighted by Crippen LogP contribution is 2.29. The summed E-state index contributed by atoms with van der Waals surface area (Å²) in [7, 11) is 0.